The number of benzene rings is 2. The largest absolute Gasteiger partial charge is 0.378 e. The number of pyridine rings is 2. The highest BCUT2D eigenvalue weighted by Crippen LogP contribution is 2.14. The van der Waals surface area contributed by atoms with E-state index in [1.54, 1.807) is 0 Å². The summed E-state index contributed by atoms with van der Waals surface area (Å²) in [7, 11) is 8.24. The fourth-order valence-electron chi connectivity index (χ4n) is 4.66. The number of rotatable bonds is 14. The van der Waals surface area contributed by atoms with Gasteiger partial charge in [0.1, 0.15) is 13.1 Å². The topological polar surface area (TPSA) is 14.2 Å². The van der Waals surface area contributed by atoms with Crippen LogP contribution in [0.15, 0.2) is 122 Å². The smallest absolute Gasteiger partial charge is 0.169 e. The van der Waals surface area contributed by atoms with Crippen LogP contribution in [0.4, 0.5) is 11.4 Å². The molecule has 0 amide bonds. The zero-order valence-electron chi connectivity index (χ0n) is 26.2. The van der Waals surface area contributed by atoms with Gasteiger partial charge < -0.3 is 9.80 Å². The van der Waals surface area contributed by atoms with Gasteiger partial charge in [0.2, 0.25) is 0 Å². The van der Waals surface area contributed by atoms with E-state index in [9.17, 15) is 0 Å². The third kappa shape index (κ3) is 10.9. The molecule has 0 saturated heterocycles. The lowest BCUT2D eigenvalue weighted by molar-refractivity contribution is -0.701. The van der Waals surface area contributed by atoms with Crippen molar-refractivity contribution in [1.82, 2.24) is 0 Å². The van der Waals surface area contributed by atoms with Crippen LogP contribution in [0.2, 0.25) is 0 Å². The van der Waals surface area contributed by atoms with E-state index in [4.69, 9.17) is 0 Å². The Balaban J connectivity index is 1.11. The van der Waals surface area contributed by atoms with Crippen LogP contribution in [0, 0.1) is 0 Å². The van der Waals surface area contributed by atoms with Crippen LogP contribution in [0.25, 0.3) is 24.3 Å². The first-order valence-electron chi connectivity index (χ1n) is 15.2. The van der Waals surface area contributed by atoms with Crippen molar-refractivity contribution in [1.29, 1.82) is 0 Å². The van der Waals surface area contributed by atoms with Gasteiger partial charge >= 0.3 is 0 Å². The lowest BCUT2D eigenvalue weighted by Gasteiger charge is -2.11. The van der Waals surface area contributed by atoms with E-state index in [0.717, 1.165) is 13.1 Å². The Kier molecular flexibility index (Phi) is 12.1. The van der Waals surface area contributed by atoms with E-state index < -0.39 is 0 Å². The third-order valence-corrected chi connectivity index (χ3v) is 7.36. The molecule has 4 rings (SSSR count). The number of anilines is 2. The molecule has 0 radical (unpaired) electrons. The molecule has 4 heteroatoms. The number of hydrogen-bond donors (Lipinski definition) is 0. The number of hydrogen-bond acceptors (Lipinski definition) is 2. The van der Waals surface area contributed by atoms with E-state index in [-0.39, 0.29) is 0 Å². The lowest BCUT2D eigenvalue weighted by Crippen LogP contribution is -2.34. The minimum atomic E-state index is 1.05. The fourth-order valence-corrected chi connectivity index (χ4v) is 4.66. The molecular formula is C39H46N4+2. The molecule has 0 unspecified atom stereocenters. The van der Waals surface area contributed by atoms with E-state index in [2.05, 4.69) is 193 Å². The van der Waals surface area contributed by atoms with Gasteiger partial charge in [-0.2, -0.15) is 0 Å². The Labute approximate surface area is 258 Å². The summed E-state index contributed by atoms with van der Waals surface area (Å²) in [5.74, 6) is 0. The molecule has 0 atom stereocenters. The van der Waals surface area contributed by atoms with Crippen molar-refractivity contribution in [3.63, 3.8) is 0 Å². The van der Waals surface area contributed by atoms with Gasteiger partial charge in [-0.3, -0.25) is 0 Å². The molecular weight excluding hydrogens is 524 g/mol. The van der Waals surface area contributed by atoms with Gasteiger partial charge in [0.05, 0.1) is 0 Å². The van der Waals surface area contributed by atoms with Crippen molar-refractivity contribution in [3.8, 4) is 0 Å². The van der Waals surface area contributed by atoms with Crippen molar-refractivity contribution in [3.05, 3.63) is 144 Å². The summed E-state index contributed by atoms with van der Waals surface area (Å²) < 4.78 is 4.56. The number of allylic oxidation sites excluding steroid dienone is 4. The van der Waals surface area contributed by atoms with Crippen molar-refractivity contribution in [2.75, 3.05) is 38.0 Å². The molecule has 4 aromatic rings. The zero-order chi connectivity index (χ0) is 30.3. The summed E-state index contributed by atoms with van der Waals surface area (Å²) in [6.07, 6.45) is 29.3. The lowest BCUT2D eigenvalue weighted by atomic mass is 10.1. The predicted molar refractivity (Wildman–Crippen MR) is 185 cm³/mol. The Hall–Kier alpha value is -4.70. The molecule has 0 bridgehead atoms. The Morgan fingerprint density at radius 1 is 0.419 bits per heavy atom. The van der Waals surface area contributed by atoms with E-state index in [1.807, 2.05) is 0 Å². The van der Waals surface area contributed by atoms with Gasteiger partial charge in [0, 0.05) is 76.7 Å². The van der Waals surface area contributed by atoms with Gasteiger partial charge in [-0.25, -0.2) is 9.13 Å². The first kappa shape index (κ1) is 31.2. The highest BCUT2D eigenvalue weighted by Gasteiger charge is 2.03. The maximum Gasteiger partial charge on any atom is 0.169 e. The van der Waals surface area contributed by atoms with Crippen LogP contribution >= 0.6 is 0 Å². The Bertz CT molecular complexity index is 1370. The summed E-state index contributed by atoms with van der Waals surface area (Å²) in [5.41, 5.74) is 7.26. The summed E-state index contributed by atoms with van der Waals surface area (Å²) in [5, 5.41) is 0. The first-order valence-corrected chi connectivity index (χ1v) is 15.2. The van der Waals surface area contributed by atoms with Gasteiger partial charge in [0.25, 0.3) is 0 Å². The van der Waals surface area contributed by atoms with Crippen LogP contribution in [0.1, 0.15) is 41.5 Å². The van der Waals surface area contributed by atoms with Crippen LogP contribution < -0.4 is 18.9 Å². The average molecular weight is 571 g/mol. The predicted octanol–water partition coefficient (Wildman–Crippen LogP) is 7.72. The monoisotopic (exact) mass is 570 g/mol. The summed E-state index contributed by atoms with van der Waals surface area (Å²) in [4.78, 5) is 4.22. The van der Waals surface area contributed by atoms with Crippen LogP contribution in [0.5, 0.6) is 0 Å². The molecule has 43 heavy (non-hydrogen) atoms. The molecule has 2 heterocycles. The third-order valence-electron chi connectivity index (χ3n) is 7.36. The van der Waals surface area contributed by atoms with Gasteiger partial charge in [0.15, 0.2) is 24.8 Å². The molecule has 2 aromatic carbocycles. The molecule has 2 aromatic heterocycles. The highest BCUT2D eigenvalue weighted by atomic mass is 15.1. The maximum absolute atomic E-state index is 2.28. The SMILES string of the molecule is CN(C)c1ccc(/C=C/C=C/c2cc[n+](CCCCC[n+]3ccc(/C=C/C=C/c4ccc(N(C)C)cc4)cc3)cc2)cc1. The number of aromatic nitrogens is 2. The molecule has 0 aliphatic rings. The molecule has 220 valence electrons. The maximum atomic E-state index is 2.28. The van der Waals surface area contributed by atoms with Crippen molar-refractivity contribution in [2.45, 2.75) is 32.4 Å². The molecule has 0 N–H and O–H groups in total. The second kappa shape index (κ2) is 16.7. The quantitative estimate of drug-likeness (QED) is 0.0876. The van der Waals surface area contributed by atoms with E-state index in [0.29, 0.717) is 0 Å². The minimum absolute atomic E-state index is 1.05. The Morgan fingerprint density at radius 3 is 1.02 bits per heavy atom. The van der Waals surface area contributed by atoms with Crippen molar-refractivity contribution in [2.24, 2.45) is 0 Å². The number of nitrogens with zero attached hydrogens (tertiary/aromatic N) is 4. The second-order valence-corrected chi connectivity index (χ2v) is 11.2. The van der Waals surface area contributed by atoms with E-state index in [1.165, 1.54) is 52.9 Å². The van der Waals surface area contributed by atoms with Gasteiger partial charge in [-0.1, -0.05) is 72.9 Å². The molecule has 0 aliphatic carbocycles. The number of unbranched alkanes of at least 4 members (excludes halogenated alkanes) is 2. The summed E-state index contributed by atoms with van der Waals surface area (Å²) >= 11 is 0. The molecule has 0 fully saturated rings. The summed E-state index contributed by atoms with van der Waals surface area (Å²) in [6, 6.07) is 25.9. The minimum Gasteiger partial charge on any atom is -0.378 e. The molecule has 0 spiro atoms. The average Bonchev–Trinajstić information content (AvgIpc) is 3.03. The van der Waals surface area contributed by atoms with Crippen LogP contribution in [-0.2, 0) is 13.1 Å². The number of aryl methyl sites for hydroxylation is 2. The van der Waals surface area contributed by atoms with Crippen molar-refractivity contribution >= 4 is 35.7 Å². The highest BCUT2D eigenvalue weighted by molar-refractivity contribution is 5.60. The zero-order valence-corrected chi connectivity index (χ0v) is 26.2. The van der Waals surface area contributed by atoms with Crippen LogP contribution in [-0.4, -0.2) is 28.2 Å². The summed E-state index contributed by atoms with van der Waals surface area (Å²) in [6.45, 7) is 2.10. The Morgan fingerprint density at radius 2 is 0.721 bits per heavy atom. The van der Waals surface area contributed by atoms with Crippen molar-refractivity contribution < 1.29 is 9.13 Å². The first-order chi connectivity index (χ1) is 21.0. The van der Waals surface area contributed by atoms with Gasteiger partial charge in [-0.05, 0) is 52.9 Å². The standard InChI is InChI=1S/C39H46N4/c1-40(2)38-20-16-34(17-21-38)12-6-8-14-36-24-30-42(31-25-36)28-10-5-11-29-43-32-26-37(27-33-43)15-9-7-13-35-18-22-39(23-19-35)41(3)4/h6-9,12-27,30-33H,5,10-11,28-29H2,1-4H3/q+2. The second-order valence-electron chi connectivity index (χ2n) is 11.2. The fraction of sp³-hybridized carbons (Fsp3) is 0.231. The van der Waals surface area contributed by atoms with Gasteiger partial charge in [-0.15, -0.1) is 0 Å². The molecule has 0 saturated carbocycles. The molecule has 4 nitrogen and oxygen atoms in total. The van der Waals surface area contributed by atoms with E-state index >= 15 is 0 Å². The molecule has 0 aliphatic heterocycles. The van der Waals surface area contributed by atoms with Crippen LogP contribution in [0.3, 0.4) is 0 Å². The normalized spacial score (nSPS) is 11.8.